The van der Waals surface area contributed by atoms with E-state index in [1.807, 2.05) is 0 Å². The molecule has 1 aromatic carbocycles. The molecule has 0 bridgehead atoms. The Bertz CT molecular complexity index is 410. The Hall–Kier alpha value is -1.20. The van der Waals surface area contributed by atoms with Gasteiger partial charge in [0.25, 0.3) is 0 Å². The smallest absolute Gasteiger partial charge is 0.305 e. The van der Waals surface area contributed by atoms with Crippen molar-refractivity contribution in [3.05, 3.63) is 39.7 Å². The zero-order chi connectivity index (χ0) is 11.0. The van der Waals surface area contributed by atoms with Crippen molar-refractivity contribution in [3.8, 4) is 0 Å². The van der Waals surface area contributed by atoms with Gasteiger partial charge in [0.1, 0.15) is 0 Å². The van der Waals surface area contributed by atoms with Gasteiger partial charge in [-0.1, -0.05) is 6.07 Å². The number of hydrogen-bond donors (Lipinski definition) is 1. The van der Waals surface area contributed by atoms with Crippen LogP contribution >= 0.6 is 12.4 Å². The molecule has 0 heterocycles. The van der Waals surface area contributed by atoms with Gasteiger partial charge in [0, 0.05) is 12.1 Å². The molecule has 1 atom stereocenters. The lowest BCUT2D eigenvalue weighted by Crippen LogP contribution is -2.12. The molecule has 0 saturated heterocycles. The number of nitrogens with zero attached hydrogens (tertiary/aromatic N) is 1. The molecule has 0 amide bonds. The van der Waals surface area contributed by atoms with Gasteiger partial charge < -0.3 is 5.73 Å². The Kier molecular flexibility index (Phi) is 3.83. The average molecular weight is 247 g/mol. The van der Waals surface area contributed by atoms with Crippen LogP contribution in [0.3, 0.4) is 0 Å². The summed E-state index contributed by atoms with van der Waals surface area (Å²) in [6.07, 6.45) is 2.10. The maximum Gasteiger partial charge on any atom is 0.305 e. The van der Waals surface area contributed by atoms with Crippen molar-refractivity contribution >= 4 is 18.1 Å². The summed E-state index contributed by atoms with van der Waals surface area (Å²) in [5.74, 6) is -0.415. The molecule has 1 fully saturated rings. The fourth-order valence-corrected chi connectivity index (χ4v) is 1.60. The van der Waals surface area contributed by atoms with Gasteiger partial charge in [0.15, 0.2) is 0 Å². The van der Waals surface area contributed by atoms with Crippen LogP contribution in [-0.2, 0) is 0 Å². The van der Waals surface area contributed by atoms with Crippen LogP contribution in [0.1, 0.15) is 24.4 Å². The van der Waals surface area contributed by atoms with Crippen LogP contribution in [0, 0.1) is 21.8 Å². The molecule has 1 aromatic rings. The van der Waals surface area contributed by atoms with Gasteiger partial charge in [-0.25, -0.2) is 0 Å². The summed E-state index contributed by atoms with van der Waals surface area (Å²) < 4.78 is 13.0. The molecule has 2 rings (SSSR count). The maximum absolute atomic E-state index is 13.0. The van der Waals surface area contributed by atoms with Gasteiger partial charge in [0.05, 0.1) is 4.92 Å². The predicted molar refractivity (Wildman–Crippen MR) is 60.0 cm³/mol. The zero-order valence-corrected chi connectivity index (χ0v) is 9.24. The Morgan fingerprint density at radius 2 is 2.12 bits per heavy atom. The fraction of sp³-hybridized carbons (Fsp3) is 0.400. The summed E-state index contributed by atoms with van der Waals surface area (Å²) in [7, 11) is 0. The molecular formula is C10H12ClFN2O2. The van der Waals surface area contributed by atoms with E-state index in [2.05, 4.69) is 0 Å². The van der Waals surface area contributed by atoms with Gasteiger partial charge in [0.2, 0.25) is 5.82 Å². The monoisotopic (exact) mass is 246 g/mol. The minimum Gasteiger partial charge on any atom is -0.324 e. The van der Waals surface area contributed by atoms with Crippen LogP contribution in [0.4, 0.5) is 10.1 Å². The third kappa shape index (κ3) is 2.48. The van der Waals surface area contributed by atoms with E-state index in [0.29, 0.717) is 11.5 Å². The summed E-state index contributed by atoms with van der Waals surface area (Å²) in [5.41, 5.74) is 6.02. The summed E-state index contributed by atoms with van der Waals surface area (Å²) in [6.45, 7) is 0. The van der Waals surface area contributed by atoms with Crippen molar-refractivity contribution in [2.24, 2.45) is 11.7 Å². The normalized spacial score (nSPS) is 16.4. The molecule has 1 aliphatic carbocycles. The minimum absolute atomic E-state index is 0. The number of hydrogen-bond acceptors (Lipinski definition) is 3. The van der Waals surface area contributed by atoms with Crippen molar-refractivity contribution in [1.82, 2.24) is 0 Å². The first-order valence-electron chi connectivity index (χ1n) is 4.79. The molecule has 0 aromatic heterocycles. The Morgan fingerprint density at radius 1 is 1.50 bits per heavy atom. The van der Waals surface area contributed by atoms with E-state index in [1.165, 1.54) is 12.1 Å². The second kappa shape index (κ2) is 4.76. The van der Waals surface area contributed by atoms with Crippen molar-refractivity contribution in [3.63, 3.8) is 0 Å². The van der Waals surface area contributed by atoms with Crippen LogP contribution in [0.15, 0.2) is 18.2 Å². The molecule has 0 unspecified atom stereocenters. The predicted octanol–water partition coefficient (Wildman–Crippen LogP) is 2.57. The summed E-state index contributed by atoms with van der Waals surface area (Å²) in [4.78, 5) is 9.78. The molecular weight excluding hydrogens is 235 g/mol. The fourth-order valence-electron chi connectivity index (χ4n) is 1.60. The number of nitro groups is 1. The van der Waals surface area contributed by atoms with E-state index in [1.54, 1.807) is 0 Å². The van der Waals surface area contributed by atoms with Crippen molar-refractivity contribution in [2.75, 3.05) is 0 Å². The third-order valence-corrected chi connectivity index (χ3v) is 2.68. The highest BCUT2D eigenvalue weighted by molar-refractivity contribution is 5.85. The summed E-state index contributed by atoms with van der Waals surface area (Å²) in [5, 5.41) is 10.5. The quantitative estimate of drug-likeness (QED) is 0.658. The highest BCUT2D eigenvalue weighted by Crippen LogP contribution is 2.40. The van der Waals surface area contributed by atoms with Crippen molar-refractivity contribution < 1.29 is 9.31 Å². The van der Waals surface area contributed by atoms with Gasteiger partial charge in [-0.3, -0.25) is 10.1 Å². The Balaban J connectivity index is 0.00000128. The standard InChI is InChI=1S/C10H11FN2O2.ClH/c11-8-4-3-7(5-9(8)13(14)15)10(12)6-1-2-6;/h3-6,10H,1-2,12H2;1H/t10-;/m0./s1. The first-order valence-corrected chi connectivity index (χ1v) is 4.79. The van der Waals surface area contributed by atoms with E-state index >= 15 is 0 Å². The zero-order valence-electron chi connectivity index (χ0n) is 8.43. The van der Waals surface area contributed by atoms with Crippen LogP contribution < -0.4 is 5.73 Å². The second-order valence-electron chi connectivity index (χ2n) is 3.83. The lowest BCUT2D eigenvalue weighted by Gasteiger charge is -2.09. The highest BCUT2D eigenvalue weighted by atomic mass is 35.5. The number of nitrogens with two attached hydrogens (primary N) is 1. The van der Waals surface area contributed by atoms with Gasteiger partial charge in [-0.2, -0.15) is 4.39 Å². The summed E-state index contributed by atoms with van der Waals surface area (Å²) >= 11 is 0. The third-order valence-electron chi connectivity index (χ3n) is 2.68. The first-order chi connectivity index (χ1) is 7.09. The summed E-state index contributed by atoms with van der Waals surface area (Å²) in [6, 6.07) is 3.66. The number of benzene rings is 1. The molecule has 16 heavy (non-hydrogen) atoms. The molecule has 1 saturated carbocycles. The molecule has 4 nitrogen and oxygen atoms in total. The molecule has 1 aliphatic rings. The lowest BCUT2D eigenvalue weighted by molar-refractivity contribution is -0.387. The van der Waals surface area contributed by atoms with E-state index in [0.717, 1.165) is 18.9 Å². The van der Waals surface area contributed by atoms with E-state index in [4.69, 9.17) is 5.73 Å². The molecule has 6 heteroatoms. The number of rotatable bonds is 3. The van der Waals surface area contributed by atoms with E-state index in [-0.39, 0.29) is 18.4 Å². The SMILES string of the molecule is Cl.N[C@H](c1ccc(F)c([N+](=O)[O-])c1)C1CC1. The molecule has 2 N–H and O–H groups in total. The van der Waals surface area contributed by atoms with Crippen molar-refractivity contribution in [1.29, 1.82) is 0 Å². The molecule has 0 radical (unpaired) electrons. The van der Waals surface area contributed by atoms with Gasteiger partial charge in [-0.05, 0) is 30.4 Å². The number of nitro benzene ring substituents is 1. The van der Waals surface area contributed by atoms with Crippen molar-refractivity contribution in [2.45, 2.75) is 18.9 Å². The maximum atomic E-state index is 13.0. The lowest BCUT2D eigenvalue weighted by atomic mass is 10.0. The van der Waals surface area contributed by atoms with Crippen LogP contribution in [0.2, 0.25) is 0 Å². The van der Waals surface area contributed by atoms with E-state index < -0.39 is 16.4 Å². The highest BCUT2D eigenvalue weighted by Gasteiger charge is 2.30. The molecule has 88 valence electrons. The van der Waals surface area contributed by atoms with Crippen LogP contribution in [0.25, 0.3) is 0 Å². The second-order valence-corrected chi connectivity index (χ2v) is 3.83. The Labute approximate surface area is 98.2 Å². The minimum atomic E-state index is -0.813. The number of halogens is 2. The van der Waals surface area contributed by atoms with Gasteiger partial charge in [-0.15, -0.1) is 12.4 Å². The Morgan fingerprint density at radius 3 is 2.62 bits per heavy atom. The molecule has 0 aliphatic heterocycles. The molecule has 0 spiro atoms. The first kappa shape index (κ1) is 12.9. The van der Waals surface area contributed by atoms with E-state index in [9.17, 15) is 14.5 Å². The topological polar surface area (TPSA) is 69.2 Å². The van der Waals surface area contributed by atoms with Crippen LogP contribution in [0.5, 0.6) is 0 Å². The van der Waals surface area contributed by atoms with Gasteiger partial charge >= 0.3 is 5.69 Å². The largest absolute Gasteiger partial charge is 0.324 e. The average Bonchev–Trinajstić information content (AvgIpc) is 3.00. The van der Waals surface area contributed by atoms with Crippen LogP contribution in [-0.4, -0.2) is 4.92 Å².